The van der Waals surface area contributed by atoms with E-state index >= 15 is 0 Å². The molecule has 12 aromatic rings. The van der Waals surface area contributed by atoms with Crippen LogP contribution in [0, 0.1) is 0 Å². The number of nitrogens with zero attached hydrogens (tertiary/aromatic N) is 5. The van der Waals surface area contributed by atoms with Crippen LogP contribution in [-0.4, -0.2) is 24.1 Å². The third kappa shape index (κ3) is 4.94. The van der Waals surface area contributed by atoms with Gasteiger partial charge in [-0.05, 0) is 60.7 Å². The first-order valence-corrected chi connectivity index (χ1v) is 19.1. The molecular weight excluding hydrogens is 699 g/mol. The van der Waals surface area contributed by atoms with Gasteiger partial charge in [0.1, 0.15) is 11.2 Å². The molecule has 0 unspecified atom stereocenters. The number of para-hydroxylation sites is 3. The highest BCUT2D eigenvalue weighted by Crippen LogP contribution is 2.41. The monoisotopic (exact) mass is 729 g/mol. The van der Waals surface area contributed by atoms with Crippen molar-refractivity contribution in [3.05, 3.63) is 188 Å². The zero-order chi connectivity index (χ0) is 37.5. The lowest BCUT2D eigenvalue weighted by Crippen LogP contribution is -2.01. The largest absolute Gasteiger partial charge is 0.456 e. The molecule has 0 saturated heterocycles. The van der Waals surface area contributed by atoms with E-state index in [1.807, 2.05) is 72.8 Å². The van der Waals surface area contributed by atoms with E-state index in [0.29, 0.717) is 17.5 Å². The fraction of sp³-hybridized carbons (Fsp3) is 0. The van der Waals surface area contributed by atoms with Crippen molar-refractivity contribution in [2.75, 3.05) is 0 Å². The Bertz CT molecular complexity index is 3470. The molecule has 0 amide bonds. The molecule has 0 N–H and O–H groups in total. The van der Waals surface area contributed by atoms with Gasteiger partial charge in [0.2, 0.25) is 0 Å². The minimum Gasteiger partial charge on any atom is -0.456 e. The van der Waals surface area contributed by atoms with Crippen LogP contribution in [0.15, 0.2) is 192 Å². The molecule has 0 bridgehead atoms. The number of benzene rings is 8. The van der Waals surface area contributed by atoms with E-state index in [9.17, 15) is 0 Å². The predicted molar refractivity (Wildman–Crippen MR) is 232 cm³/mol. The van der Waals surface area contributed by atoms with Crippen LogP contribution in [0.3, 0.4) is 0 Å². The number of aromatic nitrogens is 5. The Morgan fingerprint density at radius 2 is 0.789 bits per heavy atom. The van der Waals surface area contributed by atoms with Crippen LogP contribution in [0.1, 0.15) is 0 Å². The summed E-state index contributed by atoms with van der Waals surface area (Å²) in [7, 11) is 0. The first kappa shape index (κ1) is 31.5. The summed E-state index contributed by atoms with van der Waals surface area (Å²) in [6.45, 7) is 0. The average molecular weight is 730 g/mol. The van der Waals surface area contributed by atoms with Crippen LogP contribution in [0.25, 0.3) is 111 Å². The van der Waals surface area contributed by atoms with Crippen molar-refractivity contribution in [3.63, 3.8) is 0 Å². The molecule has 0 spiro atoms. The summed E-state index contributed by atoms with van der Waals surface area (Å²) >= 11 is 0. The zero-order valence-electron chi connectivity index (χ0n) is 30.5. The molecule has 0 saturated carbocycles. The van der Waals surface area contributed by atoms with Gasteiger partial charge in [-0.3, -0.25) is 0 Å². The van der Waals surface area contributed by atoms with Crippen molar-refractivity contribution >= 4 is 65.6 Å². The molecule has 4 aromatic heterocycles. The van der Waals surface area contributed by atoms with Gasteiger partial charge in [-0.2, -0.15) is 0 Å². The van der Waals surface area contributed by atoms with Crippen LogP contribution >= 0.6 is 0 Å². The van der Waals surface area contributed by atoms with Crippen molar-refractivity contribution in [1.29, 1.82) is 0 Å². The van der Waals surface area contributed by atoms with Crippen molar-refractivity contribution in [2.24, 2.45) is 0 Å². The lowest BCUT2D eigenvalue weighted by Gasteiger charge is -2.12. The summed E-state index contributed by atoms with van der Waals surface area (Å²) in [5.74, 6) is 1.90. The molecule has 8 aromatic carbocycles. The molecule has 0 aliphatic rings. The SMILES string of the molecule is c1ccc(-c2nc(-c3ccccc3)nc(-c3cccc(-n4c5ccccc5c5cc6c7ccccc7n(-c7ccc8oc9ccccc9c8c7)c6cc54)c3)n2)cc1. The summed E-state index contributed by atoms with van der Waals surface area (Å²) in [4.78, 5) is 15.0. The highest BCUT2D eigenvalue weighted by atomic mass is 16.3. The first-order valence-electron chi connectivity index (χ1n) is 19.1. The van der Waals surface area contributed by atoms with E-state index in [-0.39, 0.29) is 0 Å². The quantitative estimate of drug-likeness (QED) is 0.177. The van der Waals surface area contributed by atoms with Gasteiger partial charge in [0.05, 0.1) is 22.1 Å². The second-order valence-corrected chi connectivity index (χ2v) is 14.5. The Hall–Kier alpha value is -7.83. The standard InChI is InChI=1S/C51H31N5O/c1-3-14-32(15-4-1)49-52-50(33-16-5-2-6-17-33)54-51(53-49)34-18-13-19-35(28-34)55-43-23-10-7-20-37(43)40-30-41-38-21-8-11-24-44(38)56(46(41)31-45(40)55)36-26-27-48-42(29-36)39-22-9-12-25-47(39)57-48/h1-31H. The Morgan fingerprint density at radius 1 is 0.298 bits per heavy atom. The summed E-state index contributed by atoms with van der Waals surface area (Å²) in [6.07, 6.45) is 0. The molecule has 0 aliphatic heterocycles. The van der Waals surface area contributed by atoms with Crippen molar-refractivity contribution in [2.45, 2.75) is 0 Å². The van der Waals surface area contributed by atoms with E-state index in [2.05, 4.69) is 124 Å². The van der Waals surface area contributed by atoms with E-state index in [4.69, 9.17) is 19.4 Å². The van der Waals surface area contributed by atoms with Gasteiger partial charge in [-0.15, -0.1) is 0 Å². The van der Waals surface area contributed by atoms with E-state index in [0.717, 1.165) is 72.1 Å². The maximum atomic E-state index is 6.23. The lowest BCUT2D eigenvalue weighted by atomic mass is 10.1. The smallest absolute Gasteiger partial charge is 0.164 e. The van der Waals surface area contributed by atoms with Gasteiger partial charge in [0.25, 0.3) is 0 Å². The second kappa shape index (κ2) is 12.3. The van der Waals surface area contributed by atoms with E-state index < -0.39 is 0 Å². The summed E-state index contributed by atoms with van der Waals surface area (Å²) in [5, 5.41) is 7.02. The normalized spacial score (nSPS) is 11.9. The molecule has 57 heavy (non-hydrogen) atoms. The van der Waals surface area contributed by atoms with Gasteiger partial charge in [-0.25, -0.2) is 15.0 Å². The maximum absolute atomic E-state index is 6.23. The number of rotatable bonds is 5. The number of furan rings is 1. The van der Waals surface area contributed by atoms with Gasteiger partial charge >= 0.3 is 0 Å². The molecule has 6 heteroatoms. The van der Waals surface area contributed by atoms with Crippen LogP contribution in [-0.2, 0) is 0 Å². The molecule has 12 rings (SSSR count). The molecule has 6 nitrogen and oxygen atoms in total. The van der Waals surface area contributed by atoms with Crippen LogP contribution < -0.4 is 0 Å². The molecule has 266 valence electrons. The zero-order valence-corrected chi connectivity index (χ0v) is 30.5. The Morgan fingerprint density at radius 3 is 1.42 bits per heavy atom. The predicted octanol–water partition coefficient (Wildman–Crippen LogP) is 13.0. The fourth-order valence-corrected chi connectivity index (χ4v) is 8.56. The summed E-state index contributed by atoms with van der Waals surface area (Å²) in [6, 6.07) is 65.7. The van der Waals surface area contributed by atoms with Crippen LogP contribution in [0.2, 0.25) is 0 Å². The second-order valence-electron chi connectivity index (χ2n) is 14.5. The third-order valence-electron chi connectivity index (χ3n) is 11.1. The molecular formula is C51H31N5O. The van der Waals surface area contributed by atoms with Crippen LogP contribution in [0.4, 0.5) is 0 Å². The third-order valence-corrected chi connectivity index (χ3v) is 11.1. The number of hydrogen-bond acceptors (Lipinski definition) is 4. The highest BCUT2D eigenvalue weighted by molar-refractivity contribution is 6.19. The van der Waals surface area contributed by atoms with Crippen molar-refractivity contribution in [3.8, 4) is 45.5 Å². The molecule has 0 radical (unpaired) electrons. The van der Waals surface area contributed by atoms with Crippen molar-refractivity contribution < 1.29 is 4.42 Å². The molecule has 0 atom stereocenters. The summed E-state index contributed by atoms with van der Waals surface area (Å²) < 4.78 is 11.0. The minimum atomic E-state index is 0.620. The Labute approximate surface area is 326 Å². The Balaban J connectivity index is 1.09. The van der Waals surface area contributed by atoms with Gasteiger partial charge in [0.15, 0.2) is 17.5 Å². The van der Waals surface area contributed by atoms with Gasteiger partial charge < -0.3 is 13.6 Å². The van der Waals surface area contributed by atoms with E-state index in [1.165, 1.54) is 21.5 Å². The number of hydrogen-bond donors (Lipinski definition) is 0. The summed E-state index contributed by atoms with van der Waals surface area (Å²) in [5.41, 5.74) is 11.2. The molecule has 0 fully saturated rings. The number of fused-ring (bicyclic) bond motifs is 9. The molecule has 0 aliphatic carbocycles. The maximum Gasteiger partial charge on any atom is 0.164 e. The topological polar surface area (TPSA) is 61.7 Å². The average Bonchev–Trinajstić information content (AvgIpc) is 3.93. The van der Waals surface area contributed by atoms with Gasteiger partial charge in [-0.1, -0.05) is 127 Å². The molecule has 4 heterocycles. The Kier molecular flexibility index (Phi) is 6.83. The van der Waals surface area contributed by atoms with Gasteiger partial charge in [0, 0.05) is 60.4 Å². The van der Waals surface area contributed by atoms with E-state index in [1.54, 1.807) is 0 Å². The fourth-order valence-electron chi connectivity index (χ4n) is 8.56. The first-order chi connectivity index (χ1) is 28.2. The van der Waals surface area contributed by atoms with Crippen molar-refractivity contribution in [1.82, 2.24) is 24.1 Å². The highest BCUT2D eigenvalue weighted by Gasteiger charge is 2.20. The lowest BCUT2D eigenvalue weighted by molar-refractivity contribution is 0.669. The van der Waals surface area contributed by atoms with Crippen LogP contribution in [0.5, 0.6) is 0 Å². The minimum absolute atomic E-state index is 0.620.